The van der Waals surface area contributed by atoms with Gasteiger partial charge in [-0.1, -0.05) is 135 Å². The van der Waals surface area contributed by atoms with E-state index in [0.29, 0.717) is 0 Å². The van der Waals surface area contributed by atoms with Crippen molar-refractivity contribution in [2.75, 3.05) is 9.71 Å². The zero-order chi connectivity index (χ0) is 41.1. The molecule has 6 aromatic carbocycles. The largest absolute Gasteiger partial charge is 0.376 e. The van der Waals surface area contributed by atoms with Gasteiger partial charge in [-0.3, -0.25) is 0 Å². The molecule has 2 nitrogen and oxygen atoms in total. The Morgan fingerprint density at radius 1 is 0.610 bits per heavy atom. The van der Waals surface area contributed by atoms with Crippen molar-refractivity contribution < 1.29 is 0 Å². The second-order valence-electron chi connectivity index (χ2n) is 21.0. The quantitative estimate of drug-likeness (QED) is 0.161. The fraction of sp³-hybridized carbons (Fsp3) is 0.309. The van der Waals surface area contributed by atoms with Crippen molar-refractivity contribution in [2.45, 2.75) is 111 Å². The Kier molecular flexibility index (Phi) is 7.54. The van der Waals surface area contributed by atoms with E-state index in [1.807, 2.05) is 11.3 Å². The van der Waals surface area contributed by atoms with Gasteiger partial charge < -0.3 is 9.71 Å². The highest BCUT2D eigenvalue weighted by Crippen LogP contribution is 2.59. The van der Waals surface area contributed by atoms with Crippen molar-refractivity contribution in [1.29, 1.82) is 0 Å². The summed E-state index contributed by atoms with van der Waals surface area (Å²) in [5.74, 6) is 0. The molecule has 0 N–H and O–H groups in total. The SMILES string of the molecule is Cc1cc2c3c(c1)N(c1cc4c(cc1C)C(C)(C)CCC4(C)C)c1c(sc4ccccc14)B3N(c1ccc(C(C)(C)C)cc1)c1ccc3c(c1-2)-c1ccccc1C3(C)C. The van der Waals surface area contributed by atoms with Crippen LogP contribution in [0.15, 0.2) is 109 Å². The Bertz CT molecular complexity index is 2940. The van der Waals surface area contributed by atoms with Gasteiger partial charge in [-0.25, -0.2) is 0 Å². The molecule has 0 fully saturated rings. The van der Waals surface area contributed by atoms with Gasteiger partial charge in [-0.05, 0) is 140 Å². The van der Waals surface area contributed by atoms with Crippen molar-refractivity contribution in [3.8, 4) is 22.3 Å². The standard InChI is InChI=1S/C55H55BN2S/c1-32-28-38-48-43(25-24-40-47(48)36-16-12-14-18-39(36)55(40,10)11)58(35-22-20-34(21-23-35)52(3,4)5)56-49(38)45(29-32)57(50-37-17-13-15-19-46(37)59-51(50)56)44-31-42-41(30-33(44)2)53(6,7)26-27-54(42,8)9/h12-25,28-31H,26-27H2,1-11H3. The van der Waals surface area contributed by atoms with Crippen LogP contribution in [0.4, 0.5) is 28.4 Å². The second kappa shape index (κ2) is 12.0. The van der Waals surface area contributed by atoms with Crippen LogP contribution >= 0.6 is 11.3 Å². The minimum Gasteiger partial charge on any atom is -0.376 e. The number of fused-ring (bicyclic) bond motifs is 11. The van der Waals surface area contributed by atoms with Gasteiger partial charge in [0.2, 0.25) is 0 Å². The molecular weight excluding hydrogens is 731 g/mol. The molecule has 4 aliphatic rings. The summed E-state index contributed by atoms with van der Waals surface area (Å²) in [7, 11) is 0. The molecule has 2 aliphatic heterocycles. The van der Waals surface area contributed by atoms with Crippen molar-refractivity contribution in [3.63, 3.8) is 0 Å². The van der Waals surface area contributed by atoms with Gasteiger partial charge in [0.25, 0.3) is 0 Å². The minimum atomic E-state index is -0.105. The highest BCUT2D eigenvalue weighted by atomic mass is 32.1. The summed E-state index contributed by atoms with van der Waals surface area (Å²) in [6.07, 6.45) is 2.39. The summed E-state index contributed by atoms with van der Waals surface area (Å²) >= 11 is 1.99. The Balaban J connectivity index is 1.28. The van der Waals surface area contributed by atoms with E-state index in [0.717, 1.165) is 0 Å². The lowest BCUT2D eigenvalue weighted by atomic mass is 9.46. The predicted octanol–water partition coefficient (Wildman–Crippen LogP) is 14.2. The Hall–Kier alpha value is -5.06. The molecule has 1 aromatic heterocycles. The molecule has 0 saturated carbocycles. The lowest BCUT2D eigenvalue weighted by molar-refractivity contribution is 0.332. The van der Waals surface area contributed by atoms with Crippen LogP contribution in [0.1, 0.15) is 114 Å². The number of nitrogens with zero attached hydrogens (tertiary/aromatic N) is 2. The summed E-state index contributed by atoms with van der Waals surface area (Å²) in [6, 6.07) is 42.9. The molecule has 0 radical (unpaired) electrons. The first-order valence-electron chi connectivity index (χ1n) is 21.8. The topological polar surface area (TPSA) is 6.48 Å². The molecular formula is C55H55BN2S. The van der Waals surface area contributed by atoms with Crippen molar-refractivity contribution in [2.24, 2.45) is 0 Å². The number of rotatable bonds is 2. The third kappa shape index (κ3) is 5.05. The van der Waals surface area contributed by atoms with E-state index >= 15 is 0 Å². The second-order valence-corrected chi connectivity index (χ2v) is 22.0. The van der Waals surface area contributed by atoms with Crippen LogP contribution in [-0.2, 0) is 21.7 Å². The van der Waals surface area contributed by atoms with Crippen LogP contribution in [0.5, 0.6) is 0 Å². The third-order valence-corrected chi connectivity index (χ3v) is 16.0. The number of anilines is 5. The maximum atomic E-state index is 2.72. The van der Waals surface area contributed by atoms with Crippen LogP contribution in [-0.4, -0.2) is 6.85 Å². The van der Waals surface area contributed by atoms with Gasteiger partial charge in [-0.2, -0.15) is 0 Å². The van der Waals surface area contributed by atoms with E-state index in [2.05, 4.69) is 195 Å². The molecule has 0 saturated heterocycles. The lowest BCUT2D eigenvalue weighted by Gasteiger charge is -2.46. The van der Waals surface area contributed by atoms with Crippen molar-refractivity contribution in [1.82, 2.24) is 0 Å². The predicted molar refractivity (Wildman–Crippen MR) is 257 cm³/mol. The number of thiophene rings is 1. The molecule has 0 atom stereocenters. The Labute approximate surface area is 356 Å². The zero-order valence-corrected chi connectivity index (χ0v) is 37.5. The minimum absolute atomic E-state index is 0.00625. The maximum Gasteiger partial charge on any atom is 0.343 e. The number of aryl methyl sites for hydroxylation is 2. The number of hydrogen-bond donors (Lipinski definition) is 0. The van der Waals surface area contributed by atoms with Crippen molar-refractivity contribution in [3.05, 3.63) is 148 Å². The smallest absolute Gasteiger partial charge is 0.343 e. The summed E-state index contributed by atoms with van der Waals surface area (Å²) in [6.45, 7) is 26.3. The highest BCUT2D eigenvalue weighted by molar-refractivity contribution is 7.32. The van der Waals surface area contributed by atoms with E-state index in [-0.39, 0.29) is 28.5 Å². The van der Waals surface area contributed by atoms with Gasteiger partial charge in [0.15, 0.2) is 0 Å². The fourth-order valence-electron chi connectivity index (χ4n) is 11.4. The maximum absolute atomic E-state index is 2.72. The fourth-order valence-corrected chi connectivity index (χ4v) is 12.7. The van der Waals surface area contributed by atoms with E-state index in [1.54, 1.807) is 0 Å². The van der Waals surface area contributed by atoms with Crippen molar-refractivity contribution >= 4 is 66.9 Å². The average molecular weight is 787 g/mol. The van der Waals surface area contributed by atoms with Gasteiger partial charge in [0, 0.05) is 48.6 Å². The van der Waals surface area contributed by atoms with Crippen LogP contribution in [0.25, 0.3) is 32.3 Å². The van der Waals surface area contributed by atoms with Gasteiger partial charge in [-0.15, -0.1) is 11.3 Å². The summed E-state index contributed by atoms with van der Waals surface area (Å²) < 4.78 is 2.75. The van der Waals surface area contributed by atoms with Crippen LogP contribution in [0.3, 0.4) is 0 Å². The molecule has 0 amide bonds. The average Bonchev–Trinajstić information content (AvgIpc) is 3.69. The number of hydrogen-bond acceptors (Lipinski definition) is 3. The molecule has 0 bridgehead atoms. The molecule has 0 unspecified atom stereocenters. The monoisotopic (exact) mass is 786 g/mol. The normalized spacial score (nSPS) is 17.6. The van der Waals surface area contributed by atoms with Gasteiger partial charge >= 0.3 is 6.85 Å². The van der Waals surface area contributed by atoms with Gasteiger partial charge in [0.05, 0.1) is 5.69 Å². The Morgan fingerprint density at radius 3 is 2.02 bits per heavy atom. The highest BCUT2D eigenvalue weighted by Gasteiger charge is 2.50. The molecule has 4 heteroatoms. The van der Waals surface area contributed by atoms with Gasteiger partial charge in [0.1, 0.15) is 0 Å². The van der Waals surface area contributed by atoms with Crippen LogP contribution < -0.4 is 20.0 Å². The summed E-state index contributed by atoms with van der Waals surface area (Å²) in [5.41, 5.74) is 23.4. The van der Waals surface area contributed by atoms with E-state index < -0.39 is 0 Å². The molecule has 0 spiro atoms. The summed E-state index contributed by atoms with van der Waals surface area (Å²) in [5, 5.41) is 1.33. The molecule has 2 aliphatic carbocycles. The Morgan fingerprint density at radius 2 is 1.29 bits per heavy atom. The first kappa shape index (κ1) is 37.0. The molecule has 7 aromatic rings. The lowest BCUT2D eigenvalue weighted by Crippen LogP contribution is -2.60. The number of benzene rings is 6. The van der Waals surface area contributed by atoms with Crippen LogP contribution in [0, 0.1) is 13.8 Å². The molecule has 59 heavy (non-hydrogen) atoms. The van der Waals surface area contributed by atoms with E-state index in [1.165, 1.54) is 123 Å². The van der Waals surface area contributed by atoms with E-state index in [4.69, 9.17) is 0 Å². The first-order chi connectivity index (χ1) is 28.0. The zero-order valence-electron chi connectivity index (χ0n) is 36.7. The van der Waals surface area contributed by atoms with Crippen LogP contribution in [0.2, 0.25) is 0 Å². The third-order valence-electron chi connectivity index (χ3n) is 14.8. The molecule has 11 rings (SSSR count). The summed E-state index contributed by atoms with van der Waals surface area (Å²) in [4.78, 5) is 5.42. The molecule has 3 heterocycles. The molecule has 294 valence electrons. The van der Waals surface area contributed by atoms with E-state index in [9.17, 15) is 0 Å². The first-order valence-corrected chi connectivity index (χ1v) is 22.6.